The van der Waals surface area contributed by atoms with E-state index in [0.717, 1.165) is 16.5 Å². The molecule has 0 saturated heterocycles. The zero-order valence-corrected chi connectivity index (χ0v) is 16.3. The van der Waals surface area contributed by atoms with E-state index in [4.69, 9.17) is 9.47 Å². The highest BCUT2D eigenvalue weighted by Crippen LogP contribution is 2.22. The summed E-state index contributed by atoms with van der Waals surface area (Å²) in [5, 5.41) is 0.970. The molecule has 0 aliphatic carbocycles. The number of aromatic nitrogens is 1. The molecule has 0 spiro atoms. The van der Waals surface area contributed by atoms with Crippen molar-refractivity contribution >= 4 is 22.8 Å². The molecule has 28 heavy (non-hydrogen) atoms. The first-order valence-electron chi connectivity index (χ1n) is 9.56. The second kappa shape index (κ2) is 9.22. The van der Waals surface area contributed by atoms with Crippen molar-refractivity contribution in [2.75, 3.05) is 6.61 Å². The van der Waals surface area contributed by atoms with Crippen LogP contribution in [0.15, 0.2) is 60.7 Å². The molecule has 3 aromatic rings. The molecule has 1 unspecified atom stereocenters. The zero-order valence-electron chi connectivity index (χ0n) is 16.3. The smallest absolute Gasteiger partial charge is 0.355 e. The Bertz CT molecular complexity index is 946. The van der Waals surface area contributed by atoms with Crippen molar-refractivity contribution in [1.29, 1.82) is 0 Å². The highest BCUT2D eigenvalue weighted by atomic mass is 16.5. The Hall–Kier alpha value is -3.08. The third-order valence-electron chi connectivity index (χ3n) is 4.71. The quantitative estimate of drug-likeness (QED) is 0.537. The van der Waals surface area contributed by atoms with Crippen molar-refractivity contribution in [1.82, 2.24) is 4.57 Å². The van der Waals surface area contributed by atoms with Gasteiger partial charge in [-0.25, -0.2) is 4.79 Å². The van der Waals surface area contributed by atoms with E-state index in [1.54, 1.807) is 6.92 Å². The van der Waals surface area contributed by atoms with Crippen LogP contribution in [0.1, 0.15) is 36.3 Å². The van der Waals surface area contributed by atoms with Crippen molar-refractivity contribution in [3.8, 4) is 0 Å². The first kappa shape index (κ1) is 19.7. The minimum Gasteiger partial charge on any atom is -0.466 e. The van der Waals surface area contributed by atoms with Crippen LogP contribution >= 0.6 is 0 Å². The second-order valence-electron chi connectivity index (χ2n) is 6.74. The summed E-state index contributed by atoms with van der Waals surface area (Å²) in [6.07, 6.45) is 0.580. The Morgan fingerprint density at radius 1 is 1.00 bits per heavy atom. The molecule has 0 aliphatic rings. The Labute approximate surface area is 164 Å². The van der Waals surface area contributed by atoms with E-state index in [1.807, 2.05) is 72.2 Å². The number of fused-ring (bicyclic) bond motifs is 1. The normalized spacial score (nSPS) is 11.9. The van der Waals surface area contributed by atoms with E-state index in [1.165, 1.54) is 0 Å². The fraction of sp³-hybridized carbons (Fsp3) is 0.304. The van der Waals surface area contributed by atoms with E-state index in [2.05, 4.69) is 0 Å². The number of ether oxygens (including phenoxy) is 2. The summed E-state index contributed by atoms with van der Waals surface area (Å²) in [7, 11) is 0. The maximum absolute atomic E-state index is 12.8. The number of nitrogens with zero attached hydrogens (tertiary/aromatic N) is 1. The standard InChI is InChI=1S/C23H25NO4/c1-3-27-22(25)17(2)13-14-24-20-12-8-7-11-19(20)15-21(24)23(26)28-16-18-9-5-4-6-10-18/h4-12,15,17H,3,13-14,16H2,1-2H3. The third-order valence-corrected chi connectivity index (χ3v) is 4.71. The van der Waals surface area contributed by atoms with Crippen LogP contribution in [0, 0.1) is 5.92 Å². The van der Waals surface area contributed by atoms with E-state index >= 15 is 0 Å². The van der Waals surface area contributed by atoms with E-state index < -0.39 is 0 Å². The molecule has 0 N–H and O–H groups in total. The lowest BCUT2D eigenvalue weighted by Crippen LogP contribution is -2.18. The Kier molecular flexibility index (Phi) is 6.48. The monoisotopic (exact) mass is 379 g/mol. The van der Waals surface area contributed by atoms with Gasteiger partial charge in [-0.1, -0.05) is 55.5 Å². The number of carbonyl (C=O) groups is 2. The first-order valence-corrected chi connectivity index (χ1v) is 9.56. The Morgan fingerprint density at radius 2 is 1.71 bits per heavy atom. The molecule has 5 heteroatoms. The maximum atomic E-state index is 12.8. The van der Waals surface area contributed by atoms with E-state index in [9.17, 15) is 9.59 Å². The van der Waals surface area contributed by atoms with Gasteiger partial charge in [-0.05, 0) is 31.0 Å². The Balaban J connectivity index is 1.78. The second-order valence-corrected chi connectivity index (χ2v) is 6.74. The molecule has 0 amide bonds. The summed E-state index contributed by atoms with van der Waals surface area (Å²) < 4.78 is 12.5. The van der Waals surface area contributed by atoms with Crippen LogP contribution in [0.2, 0.25) is 0 Å². The number of rotatable bonds is 8. The molecule has 5 nitrogen and oxygen atoms in total. The van der Waals surface area contributed by atoms with Gasteiger partial charge in [0.2, 0.25) is 0 Å². The Morgan fingerprint density at radius 3 is 2.46 bits per heavy atom. The van der Waals surface area contributed by atoms with Gasteiger partial charge in [0, 0.05) is 17.4 Å². The summed E-state index contributed by atoms with van der Waals surface area (Å²) in [4.78, 5) is 24.7. The number of hydrogen-bond donors (Lipinski definition) is 0. The lowest BCUT2D eigenvalue weighted by atomic mass is 10.1. The van der Waals surface area contributed by atoms with Gasteiger partial charge in [-0.15, -0.1) is 0 Å². The lowest BCUT2D eigenvalue weighted by Gasteiger charge is -2.14. The molecule has 0 aliphatic heterocycles. The number of para-hydroxylation sites is 1. The van der Waals surface area contributed by atoms with Gasteiger partial charge in [-0.3, -0.25) is 4.79 Å². The number of benzene rings is 2. The van der Waals surface area contributed by atoms with Crippen LogP contribution in [0.5, 0.6) is 0 Å². The number of aryl methyl sites for hydroxylation is 1. The summed E-state index contributed by atoms with van der Waals surface area (Å²) in [5.74, 6) is -0.828. The summed E-state index contributed by atoms with van der Waals surface area (Å²) in [5.41, 5.74) is 2.38. The highest BCUT2D eigenvalue weighted by molar-refractivity contribution is 5.95. The average Bonchev–Trinajstić information content (AvgIpc) is 3.10. The molecular weight excluding hydrogens is 354 g/mol. The van der Waals surface area contributed by atoms with Gasteiger partial charge < -0.3 is 14.0 Å². The van der Waals surface area contributed by atoms with Gasteiger partial charge >= 0.3 is 11.9 Å². The van der Waals surface area contributed by atoms with Gasteiger partial charge in [-0.2, -0.15) is 0 Å². The van der Waals surface area contributed by atoms with Gasteiger partial charge in [0.1, 0.15) is 12.3 Å². The molecule has 0 fully saturated rings. The zero-order chi connectivity index (χ0) is 19.9. The maximum Gasteiger partial charge on any atom is 0.355 e. The van der Waals surface area contributed by atoms with E-state index in [-0.39, 0.29) is 24.5 Å². The fourth-order valence-corrected chi connectivity index (χ4v) is 3.14. The van der Waals surface area contributed by atoms with Crippen LogP contribution in [-0.4, -0.2) is 23.1 Å². The first-order chi connectivity index (χ1) is 13.6. The molecule has 3 rings (SSSR count). The summed E-state index contributed by atoms with van der Waals surface area (Å²) >= 11 is 0. The molecule has 0 saturated carbocycles. The van der Waals surface area contributed by atoms with Crippen LogP contribution in [-0.2, 0) is 27.4 Å². The summed E-state index contributed by atoms with van der Waals surface area (Å²) in [6, 6.07) is 19.2. The largest absolute Gasteiger partial charge is 0.466 e. The minimum absolute atomic E-state index is 0.216. The number of esters is 2. The van der Waals surface area contributed by atoms with Crippen molar-refractivity contribution in [3.63, 3.8) is 0 Å². The van der Waals surface area contributed by atoms with Crippen LogP contribution in [0.25, 0.3) is 10.9 Å². The van der Waals surface area contributed by atoms with Gasteiger partial charge in [0.15, 0.2) is 0 Å². The summed E-state index contributed by atoms with van der Waals surface area (Å²) in [6.45, 7) is 4.76. The molecule has 1 aromatic heterocycles. The van der Waals surface area contributed by atoms with Crippen LogP contribution in [0.4, 0.5) is 0 Å². The topological polar surface area (TPSA) is 57.5 Å². The van der Waals surface area contributed by atoms with Gasteiger partial charge in [0.25, 0.3) is 0 Å². The molecule has 0 radical (unpaired) electrons. The van der Waals surface area contributed by atoms with Crippen molar-refractivity contribution in [3.05, 3.63) is 71.9 Å². The van der Waals surface area contributed by atoms with Gasteiger partial charge in [0.05, 0.1) is 12.5 Å². The van der Waals surface area contributed by atoms with Crippen LogP contribution in [0.3, 0.4) is 0 Å². The molecule has 1 heterocycles. The predicted molar refractivity (Wildman–Crippen MR) is 108 cm³/mol. The predicted octanol–water partition coefficient (Wildman–Crippen LogP) is 4.59. The number of carbonyl (C=O) groups excluding carboxylic acids is 2. The average molecular weight is 379 g/mol. The molecular formula is C23H25NO4. The highest BCUT2D eigenvalue weighted by Gasteiger charge is 2.19. The molecule has 2 aromatic carbocycles. The molecule has 1 atom stereocenters. The number of hydrogen-bond acceptors (Lipinski definition) is 4. The molecule has 0 bridgehead atoms. The van der Waals surface area contributed by atoms with Crippen LogP contribution < -0.4 is 0 Å². The third kappa shape index (κ3) is 4.60. The fourth-order valence-electron chi connectivity index (χ4n) is 3.14. The lowest BCUT2D eigenvalue weighted by molar-refractivity contribution is -0.147. The van der Waals surface area contributed by atoms with Crippen molar-refractivity contribution < 1.29 is 19.1 Å². The molecule has 146 valence electrons. The minimum atomic E-state index is -0.371. The SMILES string of the molecule is CCOC(=O)C(C)CCn1c(C(=O)OCc2ccccc2)cc2ccccc21. The van der Waals surface area contributed by atoms with Crippen molar-refractivity contribution in [2.24, 2.45) is 5.92 Å². The van der Waals surface area contributed by atoms with E-state index in [0.29, 0.717) is 25.3 Å². The van der Waals surface area contributed by atoms with Crippen molar-refractivity contribution in [2.45, 2.75) is 33.4 Å².